The number of hydrogen-bond donors (Lipinski definition) is 2. The van der Waals surface area contributed by atoms with Crippen molar-refractivity contribution in [1.29, 1.82) is 0 Å². The van der Waals surface area contributed by atoms with Crippen molar-refractivity contribution < 1.29 is 45.4 Å². The van der Waals surface area contributed by atoms with Crippen molar-refractivity contribution in [2.75, 3.05) is 26.4 Å². The van der Waals surface area contributed by atoms with Crippen LogP contribution in [0.4, 0.5) is 17.6 Å². The highest BCUT2D eigenvalue weighted by Crippen LogP contribution is 2.61. The number of fused-ring (bicyclic) bond motifs is 2. The number of halogens is 4. The van der Waals surface area contributed by atoms with Gasteiger partial charge in [0.05, 0.1) is 5.75 Å². The summed E-state index contributed by atoms with van der Waals surface area (Å²) in [6.07, 6.45) is -1.76. The fraction of sp³-hybridized carbons (Fsp3) is 0.565. The van der Waals surface area contributed by atoms with E-state index < -0.39 is 28.2 Å². The van der Waals surface area contributed by atoms with E-state index in [4.69, 9.17) is 14.6 Å². The first kappa shape index (κ1) is 48.0. The fourth-order valence-electron chi connectivity index (χ4n) is 9.40. The molecular weight excluding hydrogens is 813 g/mol. The van der Waals surface area contributed by atoms with Crippen LogP contribution in [0.15, 0.2) is 72.8 Å². The molecular formula is C46H62F4N4O6S. The van der Waals surface area contributed by atoms with E-state index in [1.54, 1.807) is 6.07 Å². The molecule has 3 aliphatic carbocycles. The lowest BCUT2D eigenvalue weighted by Crippen LogP contribution is -2.61. The standard InChI is InChI=1S/C44H61FN4O4S.C2HF3O2/c1-30-37-23-33(44(37,5)6)24-39(30)46-42(50)40-20-21-54(51,52)49(40)27-32-15-12-14-31(22-32)26-48(34(28-47(7)8)25-43(2,3)4)29-36-38(45)18-13-19-41(36)53-35-16-10-9-11-17-35;3-2(4,5)1(6)7/h9-19,22,30,33-34,37,39-40H,20-21,23-29H2,1-8H3,(H,46,50);(H,6,7)/t30-,33+,34-,37-,39-,40?;/m0./s1. The molecule has 4 aliphatic rings. The number of hydrogen-bond acceptors (Lipinski definition) is 7. The van der Waals surface area contributed by atoms with Gasteiger partial charge in [-0.05, 0) is 104 Å². The van der Waals surface area contributed by atoms with E-state index in [0.29, 0.717) is 53.3 Å². The molecule has 1 aliphatic heterocycles. The third-order valence-electron chi connectivity index (χ3n) is 12.6. The van der Waals surface area contributed by atoms with Crippen molar-refractivity contribution in [3.8, 4) is 11.5 Å². The maximum absolute atomic E-state index is 15.8. The number of sulfonamides is 1. The summed E-state index contributed by atoms with van der Waals surface area (Å²) in [5, 5.41) is 10.4. The number of rotatable bonds is 14. The maximum Gasteiger partial charge on any atom is 0.490 e. The van der Waals surface area contributed by atoms with E-state index in [9.17, 15) is 26.4 Å². The number of carbonyl (C=O) groups is 2. The molecule has 1 amide bonds. The van der Waals surface area contributed by atoms with Gasteiger partial charge in [0.1, 0.15) is 23.4 Å². The number of para-hydroxylation sites is 1. The Hall–Kier alpha value is -4.05. The summed E-state index contributed by atoms with van der Waals surface area (Å²) in [6.45, 7) is 15.3. The lowest BCUT2D eigenvalue weighted by molar-refractivity contribution is -0.192. The Morgan fingerprint density at radius 2 is 1.61 bits per heavy atom. The molecule has 336 valence electrons. The Morgan fingerprint density at radius 1 is 0.967 bits per heavy atom. The van der Waals surface area contributed by atoms with Crippen LogP contribution >= 0.6 is 0 Å². The number of alkyl halides is 3. The Labute approximate surface area is 358 Å². The summed E-state index contributed by atoms with van der Waals surface area (Å²) in [5.74, 6) is -0.646. The molecule has 1 heterocycles. The van der Waals surface area contributed by atoms with Crippen molar-refractivity contribution in [3.05, 3.63) is 95.3 Å². The van der Waals surface area contributed by atoms with E-state index in [1.807, 2.05) is 60.7 Å². The fourth-order valence-corrected chi connectivity index (χ4v) is 11.1. The zero-order valence-electron chi connectivity index (χ0n) is 36.5. The molecule has 3 aromatic carbocycles. The van der Waals surface area contributed by atoms with Gasteiger partial charge in [0, 0.05) is 43.8 Å². The van der Waals surface area contributed by atoms with Crippen molar-refractivity contribution in [3.63, 3.8) is 0 Å². The average molecular weight is 875 g/mol. The zero-order chi connectivity index (χ0) is 45.1. The number of nitrogens with zero attached hydrogens (tertiary/aromatic N) is 3. The molecule has 2 bridgehead atoms. The predicted molar refractivity (Wildman–Crippen MR) is 228 cm³/mol. The Balaban J connectivity index is 0.000000925. The quantitative estimate of drug-likeness (QED) is 0.155. The number of ether oxygens (including phenoxy) is 1. The summed E-state index contributed by atoms with van der Waals surface area (Å²) in [7, 11) is 0.504. The molecule has 3 aromatic rings. The topological polar surface area (TPSA) is 119 Å². The smallest absolute Gasteiger partial charge is 0.475 e. The Bertz CT molecular complexity index is 2090. The number of aliphatic carboxylic acids is 1. The second-order valence-corrected chi connectivity index (χ2v) is 21.1. The van der Waals surface area contributed by atoms with Gasteiger partial charge in [-0.1, -0.05) is 90.1 Å². The van der Waals surface area contributed by atoms with Crippen LogP contribution in [0.25, 0.3) is 0 Å². The highest BCUT2D eigenvalue weighted by atomic mass is 32.2. The number of benzene rings is 3. The van der Waals surface area contributed by atoms with Crippen LogP contribution in [-0.4, -0.2) is 90.2 Å². The third kappa shape index (κ3) is 12.3. The normalized spacial score (nSPS) is 23.7. The first-order valence-corrected chi connectivity index (χ1v) is 22.5. The summed E-state index contributed by atoms with van der Waals surface area (Å²) in [5.41, 5.74) is 2.61. The van der Waals surface area contributed by atoms with E-state index in [-0.39, 0.29) is 47.9 Å². The first-order chi connectivity index (χ1) is 28.4. The minimum Gasteiger partial charge on any atom is -0.475 e. The van der Waals surface area contributed by atoms with Crippen LogP contribution in [0, 0.1) is 34.4 Å². The largest absolute Gasteiger partial charge is 0.490 e. The Kier molecular flexibility index (Phi) is 15.1. The highest BCUT2D eigenvalue weighted by molar-refractivity contribution is 7.89. The maximum atomic E-state index is 15.8. The molecule has 10 nitrogen and oxygen atoms in total. The van der Waals surface area contributed by atoms with Crippen LogP contribution in [0.2, 0.25) is 0 Å². The molecule has 1 unspecified atom stereocenters. The third-order valence-corrected chi connectivity index (χ3v) is 14.5. The molecule has 3 saturated carbocycles. The molecule has 15 heteroatoms. The van der Waals surface area contributed by atoms with Crippen molar-refractivity contribution >= 4 is 21.9 Å². The molecule has 1 saturated heterocycles. The van der Waals surface area contributed by atoms with Gasteiger partial charge in [0.2, 0.25) is 15.9 Å². The zero-order valence-corrected chi connectivity index (χ0v) is 37.3. The number of carboxylic acid groups (broad SMARTS) is 1. The van der Waals surface area contributed by atoms with Crippen LogP contribution in [0.1, 0.15) is 83.9 Å². The lowest BCUT2D eigenvalue weighted by Gasteiger charge is -2.62. The summed E-state index contributed by atoms with van der Waals surface area (Å²) < 4.78 is 82.1. The van der Waals surface area contributed by atoms with Gasteiger partial charge in [-0.15, -0.1) is 0 Å². The first-order valence-electron chi connectivity index (χ1n) is 20.9. The average Bonchev–Trinajstić information content (AvgIpc) is 3.45. The monoisotopic (exact) mass is 874 g/mol. The SMILES string of the molecule is C[C@@H]1[C@@H](NC(=O)C2CCS(=O)(=O)N2Cc2cccc(CN(Cc3c(F)cccc3Oc3ccccc3)[C@H](CN(C)C)CC(C)(C)C)c2)C[C@H]2C[C@@H]1C2(C)C.O=C(O)C(F)(F)F. The van der Waals surface area contributed by atoms with Gasteiger partial charge in [-0.25, -0.2) is 17.6 Å². The molecule has 0 radical (unpaired) electrons. The number of likely N-dealkylation sites (N-methyl/N-ethyl adjacent to an activating group) is 1. The summed E-state index contributed by atoms with van der Waals surface area (Å²) in [6, 6.07) is 21.8. The van der Waals surface area contributed by atoms with Crippen LogP contribution in [0.5, 0.6) is 11.5 Å². The molecule has 6 atom stereocenters. The van der Waals surface area contributed by atoms with Gasteiger partial charge in [0.15, 0.2) is 0 Å². The van der Waals surface area contributed by atoms with Gasteiger partial charge in [0.25, 0.3) is 0 Å². The number of nitrogens with one attached hydrogen (secondary N) is 1. The molecule has 0 aromatic heterocycles. The minimum atomic E-state index is -5.08. The van der Waals surface area contributed by atoms with Crippen LogP contribution in [-0.2, 0) is 39.2 Å². The lowest BCUT2D eigenvalue weighted by atomic mass is 9.45. The molecule has 61 heavy (non-hydrogen) atoms. The Morgan fingerprint density at radius 3 is 2.20 bits per heavy atom. The number of carbonyl (C=O) groups excluding carboxylic acids is 1. The van der Waals surface area contributed by atoms with Gasteiger partial charge in [-0.2, -0.15) is 17.5 Å². The molecule has 2 N–H and O–H groups in total. The summed E-state index contributed by atoms with van der Waals surface area (Å²) in [4.78, 5) is 27.2. The summed E-state index contributed by atoms with van der Waals surface area (Å²) >= 11 is 0. The second-order valence-electron chi connectivity index (χ2n) is 19.1. The van der Waals surface area contributed by atoms with Gasteiger partial charge in [-0.3, -0.25) is 9.69 Å². The molecule has 4 fully saturated rings. The van der Waals surface area contributed by atoms with E-state index >= 15 is 4.39 Å². The van der Waals surface area contributed by atoms with Crippen molar-refractivity contribution in [1.82, 2.24) is 19.4 Å². The van der Waals surface area contributed by atoms with Gasteiger partial charge >= 0.3 is 12.1 Å². The van der Waals surface area contributed by atoms with Gasteiger partial charge < -0.3 is 20.1 Å². The van der Waals surface area contributed by atoms with Crippen LogP contribution in [0.3, 0.4) is 0 Å². The number of amides is 1. The highest BCUT2D eigenvalue weighted by Gasteiger charge is 2.57. The van der Waals surface area contributed by atoms with Crippen molar-refractivity contribution in [2.45, 2.75) is 111 Å². The molecule has 7 rings (SSSR count). The van der Waals surface area contributed by atoms with E-state index in [0.717, 1.165) is 30.5 Å². The predicted octanol–water partition coefficient (Wildman–Crippen LogP) is 8.71. The van der Waals surface area contributed by atoms with Crippen LogP contribution < -0.4 is 10.1 Å². The number of carboxylic acids is 1. The van der Waals surface area contributed by atoms with Crippen molar-refractivity contribution in [2.24, 2.45) is 28.6 Å². The molecule has 0 spiro atoms. The van der Waals surface area contributed by atoms with E-state index in [2.05, 4.69) is 70.8 Å². The minimum absolute atomic E-state index is 0.00510. The second kappa shape index (κ2) is 19.1. The van der Waals surface area contributed by atoms with E-state index in [1.165, 1.54) is 16.8 Å².